The van der Waals surface area contributed by atoms with E-state index in [1.165, 1.54) is 12.1 Å². The lowest BCUT2D eigenvalue weighted by molar-refractivity contribution is 0.0977. The van der Waals surface area contributed by atoms with Crippen LogP contribution in [0, 0.1) is 0 Å². The van der Waals surface area contributed by atoms with Crippen molar-refractivity contribution in [1.29, 1.82) is 0 Å². The van der Waals surface area contributed by atoms with E-state index in [1.807, 2.05) is 0 Å². The maximum atomic E-state index is 12.9. The molecular formula is C18H18NO6P. The Hall–Kier alpha value is -2.31. The molecule has 0 saturated carbocycles. The standard InChI is InChI=1S/C18H18NO6P/c1-19-10-4-5-11-8-9-14-15(18(11)25-26(22,23)24)17(21)13-7-3-2-6-12(13)16(14)20/h2-3,6-9,19H,4-5,10H2,1H3,(H2,22,23,24). The highest BCUT2D eigenvalue weighted by Crippen LogP contribution is 2.44. The second-order valence-electron chi connectivity index (χ2n) is 5.97. The molecule has 1 aliphatic carbocycles. The average Bonchev–Trinajstić information content (AvgIpc) is 2.59. The number of hydrogen-bond acceptors (Lipinski definition) is 5. The zero-order valence-electron chi connectivity index (χ0n) is 14.1. The summed E-state index contributed by atoms with van der Waals surface area (Å²) in [6, 6.07) is 9.48. The van der Waals surface area contributed by atoms with Gasteiger partial charge >= 0.3 is 7.82 Å². The number of rotatable bonds is 6. The van der Waals surface area contributed by atoms with Crippen LogP contribution < -0.4 is 9.84 Å². The summed E-state index contributed by atoms with van der Waals surface area (Å²) in [7, 11) is -3.12. The van der Waals surface area contributed by atoms with Crippen molar-refractivity contribution >= 4 is 19.4 Å². The lowest BCUT2D eigenvalue weighted by atomic mass is 9.82. The van der Waals surface area contributed by atoms with Gasteiger partial charge in [0.05, 0.1) is 5.56 Å². The molecule has 0 bridgehead atoms. The molecule has 2 aromatic carbocycles. The van der Waals surface area contributed by atoms with Crippen LogP contribution in [0.5, 0.6) is 5.75 Å². The molecule has 0 radical (unpaired) electrons. The van der Waals surface area contributed by atoms with Crippen LogP contribution in [0.2, 0.25) is 0 Å². The lowest BCUT2D eigenvalue weighted by Crippen LogP contribution is -2.22. The van der Waals surface area contributed by atoms with Crippen LogP contribution in [-0.4, -0.2) is 34.9 Å². The molecule has 0 heterocycles. The van der Waals surface area contributed by atoms with Crippen molar-refractivity contribution < 1.29 is 28.5 Å². The van der Waals surface area contributed by atoms with Gasteiger partial charge in [0.2, 0.25) is 0 Å². The second-order valence-corrected chi connectivity index (χ2v) is 7.13. The van der Waals surface area contributed by atoms with Crippen molar-refractivity contribution in [2.45, 2.75) is 12.8 Å². The fourth-order valence-electron chi connectivity index (χ4n) is 3.08. The predicted molar refractivity (Wildman–Crippen MR) is 94.7 cm³/mol. The number of carbonyl (C=O) groups excluding carboxylic acids is 2. The van der Waals surface area contributed by atoms with Gasteiger partial charge in [-0.15, -0.1) is 0 Å². The SMILES string of the molecule is CNCCCc1ccc2c(c1OP(=O)(O)O)C(=O)c1ccccc1C2=O. The minimum atomic E-state index is -4.91. The third kappa shape index (κ3) is 3.48. The number of phosphoric acid groups is 1. The smallest absolute Gasteiger partial charge is 0.403 e. The Morgan fingerprint density at radius 2 is 1.65 bits per heavy atom. The van der Waals surface area contributed by atoms with Crippen molar-refractivity contribution in [2.75, 3.05) is 13.6 Å². The van der Waals surface area contributed by atoms with E-state index in [2.05, 4.69) is 5.32 Å². The molecule has 26 heavy (non-hydrogen) atoms. The number of ketones is 2. The van der Waals surface area contributed by atoms with Gasteiger partial charge in [-0.05, 0) is 38.1 Å². The molecule has 0 unspecified atom stereocenters. The lowest BCUT2D eigenvalue weighted by Gasteiger charge is -2.22. The number of aryl methyl sites for hydroxylation is 1. The molecule has 8 heteroatoms. The molecule has 0 amide bonds. The van der Waals surface area contributed by atoms with Gasteiger partial charge in [0.25, 0.3) is 0 Å². The minimum Gasteiger partial charge on any atom is -0.403 e. The molecule has 0 saturated heterocycles. The van der Waals surface area contributed by atoms with E-state index < -0.39 is 13.6 Å². The van der Waals surface area contributed by atoms with Gasteiger partial charge in [-0.2, -0.15) is 0 Å². The second kappa shape index (κ2) is 7.13. The molecule has 136 valence electrons. The van der Waals surface area contributed by atoms with Gasteiger partial charge in [0.15, 0.2) is 11.6 Å². The van der Waals surface area contributed by atoms with Crippen LogP contribution in [0.25, 0.3) is 0 Å². The number of phosphoric ester groups is 1. The van der Waals surface area contributed by atoms with Crippen LogP contribution in [-0.2, 0) is 11.0 Å². The Kier molecular flexibility index (Phi) is 5.07. The van der Waals surface area contributed by atoms with Crippen LogP contribution in [0.4, 0.5) is 0 Å². The fourth-order valence-corrected chi connectivity index (χ4v) is 3.52. The van der Waals surface area contributed by atoms with Crippen molar-refractivity contribution in [3.05, 3.63) is 64.2 Å². The molecule has 1 aliphatic rings. The maximum absolute atomic E-state index is 12.9. The number of carbonyl (C=O) groups is 2. The van der Waals surface area contributed by atoms with Gasteiger partial charge in [-0.1, -0.05) is 30.3 Å². The number of fused-ring (bicyclic) bond motifs is 2. The number of nitrogens with one attached hydrogen (secondary N) is 1. The van der Waals surface area contributed by atoms with Crippen molar-refractivity contribution in [3.8, 4) is 5.75 Å². The Morgan fingerprint density at radius 1 is 1.00 bits per heavy atom. The Bertz CT molecular complexity index is 933. The summed E-state index contributed by atoms with van der Waals surface area (Å²) in [4.78, 5) is 44.3. The molecule has 7 nitrogen and oxygen atoms in total. The zero-order chi connectivity index (χ0) is 18.9. The van der Waals surface area contributed by atoms with Crippen molar-refractivity contribution in [1.82, 2.24) is 5.32 Å². The largest absolute Gasteiger partial charge is 0.524 e. The number of benzene rings is 2. The van der Waals surface area contributed by atoms with Gasteiger partial charge in [-0.25, -0.2) is 4.57 Å². The molecular weight excluding hydrogens is 357 g/mol. The monoisotopic (exact) mass is 375 g/mol. The summed E-state index contributed by atoms with van der Waals surface area (Å²) >= 11 is 0. The van der Waals surface area contributed by atoms with Crippen LogP contribution >= 0.6 is 7.82 Å². The van der Waals surface area contributed by atoms with E-state index in [9.17, 15) is 23.9 Å². The molecule has 0 atom stereocenters. The topological polar surface area (TPSA) is 113 Å². The fraction of sp³-hybridized carbons (Fsp3) is 0.222. The zero-order valence-corrected chi connectivity index (χ0v) is 15.0. The van der Waals surface area contributed by atoms with E-state index in [-0.39, 0.29) is 33.8 Å². The van der Waals surface area contributed by atoms with Gasteiger partial charge in [0, 0.05) is 16.7 Å². The first-order chi connectivity index (χ1) is 12.3. The van der Waals surface area contributed by atoms with Gasteiger partial charge < -0.3 is 9.84 Å². The first-order valence-electron chi connectivity index (χ1n) is 8.07. The normalized spacial score (nSPS) is 13.3. The summed E-state index contributed by atoms with van der Waals surface area (Å²) < 4.78 is 16.3. The predicted octanol–water partition coefficient (Wildman–Crippen LogP) is 2.09. The van der Waals surface area contributed by atoms with E-state index in [1.54, 1.807) is 31.3 Å². The third-order valence-corrected chi connectivity index (χ3v) is 4.63. The highest BCUT2D eigenvalue weighted by atomic mass is 31.2. The minimum absolute atomic E-state index is 0.0843. The third-order valence-electron chi connectivity index (χ3n) is 4.21. The van der Waals surface area contributed by atoms with E-state index >= 15 is 0 Å². The van der Waals surface area contributed by atoms with E-state index in [0.29, 0.717) is 24.9 Å². The molecule has 2 aromatic rings. The van der Waals surface area contributed by atoms with Crippen LogP contribution in [0.15, 0.2) is 36.4 Å². The summed E-state index contributed by atoms with van der Waals surface area (Å²) in [6.45, 7) is 0.683. The van der Waals surface area contributed by atoms with E-state index in [4.69, 9.17) is 4.52 Å². The molecule has 0 fully saturated rings. The summed E-state index contributed by atoms with van der Waals surface area (Å²) in [6.07, 6.45) is 1.11. The van der Waals surface area contributed by atoms with Gasteiger partial charge in [-0.3, -0.25) is 19.4 Å². The van der Waals surface area contributed by atoms with Crippen molar-refractivity contribution in [3.63, 3.8) is 0 Å². The molecule has 0 aliphatic heterocycles. The Morgan fingerprint density at radius 3 is 2.27 bits per heavy atom. The van der Waals surface area contributed by atoms with Crippen molar-refractivity contribution in [2.24, 2.45) is 0 Å². The first-order valence-corrected chi connectivity index (χ1v) is 9.60. The Balaban J connectivity index is 2.17. The highest BCUT2D eigenvalue weighted by Gasteiger charge is 2.35. The molecule has 0 aromatic heterocycles. The quantitative estimate of drug-likeness (QED) is 0.447. The first kappa shape index (κ1) is 18.5. The molecule has 3 rings (SSSR count). The Labute approximate surface area is 150 Å². The average molecular weight is 375 g/mol. The van der Waals surface area contributed by atoms with Crippen LogP contribution in [0.1, 0.15) is 43.8 Å². The summed E-state index contributed by atoms with van der Waals surface area (Å²) in [5.74, 6) is -1.05. The van der Waals surface area contributed by atoms with E-state index in [0.717, 1.165) is 0 Å². The van der Waals surface area contributed by atoms with Gasteiger partial charge in [0.1, 0.15) is 5.75 Å². The summed E-state index contributed by atoms with van der Waals surface area (Å²) in [5, 5.41) is 2.98. The summed E-state index contributed by atoms with van der Waals surface area (Å²) in [5.41, 5.74) is 0.958. The highest BCUT2D eigenvalue weighted by molar-refractivity contribution is 7.46. The molecule has 0 spiro atoms. The molecule has 3 N–H and O–H groups in total. The maximum Gasteiger partial charge on any atom is 0.524 e. The van der Waals surface area contributed by atoms with Crippen LogP contribution in [0.3, 0.4) is 0 Å². The number of hydrogen-bond donors (Lipinski definition) is 3.